The van der Waals surface area contributed by atoms with E-state index in [9.17, 15) is 5.11 Å². The first-order valence-electron chi connectivity index (χ1n) is 6.84. The van der Waals surface area contributed by atoms with Crippen molar-refractivity contribution in [3.8, 4) is 0 Å². The van der Waals surface area contributed by atoms with E-state index in [0.29, 0.717) is 17.6 Å². The number of aromatic nitrogens is 2. The minimum Gasteiger partial charge on any atom is -0.392 e. The molecule has 3 rings (SSSR count). The predicted octanol–water partition coefficient (Wildman–Crippen LogP) is 2.19. The number of methoxy groups -OCH3 is 1. The molecule has 0 aliphatic heterocycles. The average molecular weight is 252 g/mol. The molecule has 5 heteroatoms. The van der Waals surface area contributed by atoms with Crippen molar-refractivity contribution >= 4 is 0 Å². The second-order valence-corrected chi connectivity index (χ2v) is 5.44. The van der Waals surface area contributed by atoms with Gasteiger partial charge < -0.3 is 14.4 Å². The van der Waals surface area contributed by atoms with Gasteiger partial charge in [0.15, 0.2) is 0 Å². The van der Waals surface area contributed by atoms with E-state index in [1.54, 1.807) is 7.11 Å². The molecule has 1 aromatic rings. The summed E-state index contributed by atoms with van der Waals surface area (Å²) < 4.78 is 10.8. The molecule has 2 saturated carbocycles. The summed E-state index contributed by atoms with van der Waals surface area (Å²) in [5, 5.41) is 14.0. The van der Waals surface area contributed by atoms with Crippen molar-refractivity contribution in [1.29, 1.82) is 0 Å². The molecule has 1 N–H and O–H groups in total. The van der Waals surface area contributed by atoms with Gasteiger partial charge in [-0.25, -0.2) is 0 Å². The quantitative estimate of drug-likeness (QED) is 0.889. The minimum atomic E-state index is -0.339. The number of aliphatic hydroxyl groups is 1. The molecule has 18 heavy (non-hydrogen) atoms. The molecule has 0 bridgehead atoms. The van der Waals surface area contributed by atoms with Crippen molar-refractivity contribution in [3.63, 3.8) is 0 Å². The van der Waals surface area contributed by atoms with Crippen LogP contribution in [0.15, 0.2) is 4.52 Å². The van der Waals surface area contributed by atoms with E-state index in [-0.39, 0.29) is 18.1 Å². The molecule has 2 aliphatic rings. The predicted molar refractivity (Wildman–Crippen MR) is 64.0 cm³/mol. The zero-order chi connectivity index (χ0) is 12.5. The van der Waals surface area contributed by atoms with Gasteiger partial charge in [-0.1, -0.05) is 18.0 Å². The summed E-state index contributed by atoms with van der Waals surface area (Å²) in [6.07, 6.45) is 5.94. The van der Waals surface area contributed by atoms with Gasteiger partial charge in [0, 0.05) is 7.11 Å². The molecular formula is C13H20N2O3. The van der Waals surface area contributed by atoms with Crippen LogP contribution in [0.4, 0.5) is 0 Å². The Balaban J connectivity index is 1.75. The highest BCUT2D eigenvalue weighted by atomic mass is 16.5. The van der Waals surface area contributed by atoms with Gasteiger partial charge in [-0.05, 0) is 31.6 Å². The summed E-state index contributed by atoms with van der Waals surface area (Å²) in [6, 6.07) is 0. The third-order valence-electron chi connectivity index (χ3n) is 4.06. The third-order valence-corrected chi connectivity index (χ3v) is 4.06. The average Bonchev–Trinajstić information content (AvgIpc) is 3.09. The van der Waals surface area contributed by atoms with Crippen molar-refractivity contribution in [3.05, 3.63) is 11.7 Å². The minimum absolute atomic E-state index is 0.0108. The van der Waals surface area contributed by atoms with Gasteiger partial charge in [-0.2, -0.15) is 4.98 Å². The van der Waals surface area contributed by atoms with Crippen molar-refractivity contribution < 1.29 is 14.4 Å². The van der Waals surface area contributed by atoms with E-state index in [4.69, 9.17) is 9.26 Å². The van der Waals surface area contributed by atoms with Gasteiger partial charge in [-0.3, -0.25) is 0 Å². The molecule has 1 aromatic heterocycles. The lowest BCUT2D eigenvalue weighted by Crippen LogP contribution is -2.22. The molecule has 2 aliphatic carbocycles. The fourth-order valence-electron chi connectivity index (χ4n) is 2.82. The highest BCUT2D eigenvalue weighted by Crippen LogP contribution is 2.42. The Kier molecular flexibility index (Phi) is 3.35. The maximum atomic E-state index is 9.99. The van der Waals surface area contributed by atoms with Gasteiger partial charge in [-0.15, -0.1) is 0 Å². The molecule has 0 aromatic carbocycles. The van der Waals surface area contributed by atoms with E-state index in [1.807, 2.05) is 0 Å². The van der Waals surface area contributed by atoms with E-state index >= 15 is 0 Å². The Morgan fingerprint density at radius 3 is 2.72 bits per heavy atom. The molecular weight excluding hydrogens is 232 g/mol. The van der Waals surface area contributed by atoms with E-state index in [0.717, 1.165) is 25.7 Å². The number of ether oxygens (including phenoxy) is 1. The lowest BCUT2D eigenvalue weighted by atomic mass is 9.86. The Morgan fingerprint density at radius 1 is 1.28 bits per heavy atom. The molecule has 5 nitrogen and oxygen atoms in total. The van der Waals surface area contributed by atoms with Crippen LogP contribution in [0.25, 0.3) is 0 Å². The SMILES string of the molecule is COC(c1noc(C2CCCCC2O)n1)C1CC1. The van der Waals surface area contributed by atoms with Gasteiger partial charge in [0.05, 0.1) is 12.0 Å². The number of aliphatic hydroxyl groups excluding tert-OH is 1. The van der Waals surface area contributed by atoms with Crippen LogP contribution in [0.5, 0.6) is 0 Å². The van der Waals surface area contributed by atoms with Crippen LogP contribution in [0.3, 0.4) is 0 Å². The molecule has 0 saturated heterocycles. The smallest absolute Gasteiger partial charge is 0.232 e. The van der Waals surface area contributed by atoms with Crippen LogP contribution in [0, 0.1) is 5.92 Å². The molecule has 3 atom stereocenters. The molecule has 0 radical (unpaired) electrons. The van der Waals surface area contributed by atoms with Crippen molar-refractivity contribution in [2.45, 2.75) is 56.7 Å². The Labute approximate surface area is 107 Å². The second kappa shape index (κ2) is 4.97. The normalized spacial score (nSPS) is 30.3. The summed E-state index contributed by atoms with van der Waals surface area (Å²) in [5.41, 5.74) is 0. The first-order chi connectivity index (χ1) is 8.79. The largest absolute Gasteiger partial charge is 0.392 e. The monoisotopic (exact) mass is 252 g/mol. The van der Waals surface area contributed by atoms with E-state index < -0.39 is 0 Å². The fourth-order valence-corrected chi connectivity index (χ4v) is 2.82. The van der Waals surface area contributed by atoms with Crippen LogP contribution in [-0.2, 0) is 4.74 Å². The molecule has 2 fully saturated rings. The number of hydrogen-bond acceptors (Lipinski definition) is 5. The third kappa shape index (κ3) is 2.29. The number of rotatable bonds is 4. The Hall–Kier alpha value is -0.940. The van der Waals surface area contributed by atoms with E-state index in [1.165, 1.54) is 12.8 Å². The highest BCUT2D eigenvalue weighted by Gasteiger charge is 2.37. The molecule has 0 amide bonds. The maximum absolute atomic E-state index is 9.99. The van der Waals surface area contributed by atoms with Gasteiger partial charge in [0.25, 0.3) is 0 Å². The second-order valence-electron chi connectivity index (χ2n) is 5.44. The number of hydrogen-bond donors (Lipinski definition) is 1. The summed E-state index contributed by atoms with van der Waals surface area (Å²) in [7, 11) is 1.69. The fraction of sp³-hybridized carbons (Fsp3) is 0.846. The lowest BCUT2D eigenvalue weighted by molar-refractivity contribution is 0.0750. The first kappa shape index (κ1) is 12.1. The lowest BCUT2D eigenvalue weighted by Gasteiger charge is -2.24. The summed E-state index contributed by atoms with van der Waals surface area (Å²) in [5.74, 6) is 1.78. The van der Waals surface area contributed by atoms with Crippen molar-refractivity contribution in [1.82, 2.24) is 10.1 Å². The number of nitrogens with zero attached hydrogens (tertiary/aromatic N) is 2. The molecule has 100 valence electrons. The van der Waals surface area contributed by atoms with Crippen LogP contribution in [-0.4, -0.2) is 28.5 Å². The zero-order valence-electron chi connectivity index (χ0n) is 10.7. The molecule has 1 heterocycles. The summed E-state index contributed by atoms with van der Waals surface area (Å²) in [6.45, 7) is 0. The standard InChI is InChI=1S/C13H20N2O3/c1-17-11(8-6-7-8)12-14-13(18-15-12)9-4-2-3-5-10(9)16/h8-11,16H,2-7H2,1H3. The van der Waals surface area contributed by atoms with Crippen molar-refractivity contribution in [2.75, 3.05) is 7.11 Å². The summed E-state index contributed by atoms with van der Waals surface area (Å²) in [4.78, 5) is 4.45. The van der Waals surface area contributed by atoms with Crippen LogP contribution in [0.1, 0.15) is 62.3 Å². The van der Waals surface area contributed by atoms with Crippen LogP contribution < -0.4 is 0 Å². The zero-order valence-corrected chi connectivity index (χ0v) is 10.7. The van der Waals surface area contributed by atoms with Gasteiger partial charge in [0.1, 0.15) is 6.10 Å². The van der Waals surface area contributed by atoms with Gasteiger partial charge >= 0.3 is 0 Å². The molecule has 0 spiro atoms. The van der Waals surface area contributed by atoms with Crippen LogP contribution >= 0.6 is 0 Å². The summed E-state index contributed by atoms with van der Waals surface area (Å²) >= 11 is 0. The van der Waals surface area contributed by atoms with Gasteiger partial charge in [0.2, 0.25) is 11.7 Å². The Morgan fingerprint density at radius 2 is 2.06 bits per heavy atom. The van der Waals surface area contributed by atoms with Crippen LogP contribution in [0.2, 0.25) is 0 Å². The Bertz CT molecular complexity index is 403. The maximum Gasteiger partial charge on any atom is 0.232 e. The first-order valence-corrected chi connectivity index (χ1v) is 6.84. The topological polar surface area (TPSA) is 68.4 Å². The highest BCUT2D eigenvalue weighted by molar-refractivity contribution is 5.03. The molecule has 3 unspecified atom stereocenters. The van der Waals surface area contributed by atoms with Crippen molar-refractivity contribution in [2.24, 2.45) is 5.92 Å². The van der Waals surface area contributed by atoms with E-state index in [2.05, 4.69) is 10.1 Å².